The summed E-state index contributed by atoms with van der Waals surface area (Å²) >= 11 is 0. The van der Waals surface area contributed by atoms with Gasteiger partial charge in [-0.3, -0.25) is 0 Å². The van der Waals surface area contributed by atoms with Gasteiger partial charge in [0.05, 0.1) is 7.11 Å². The Balaban J connectivity index is 0.000000163. The van der Waals surface area contributed by atoms with Crippen molar-refractivity contribution in [3.8, 4) is 16.9 Å². The zero-order chi connectivity index (χ0) is 33.2. The average Bonchev–Trinajstić information content (AvgIpc) is 3.07. The maximum absolute atomic E-state index is 5.08. The quantitative estimate of drug-likeness (QED) is 0.197. The predicted molar refractivity (Wildman–Crippen MR) is 199 cm³/mol. The monoisotopic (exact) mass is 610 g/mol. The summed E-state index contributed by atoms with van der Waals surface area (Å²) in [6.07, 6.45) is 6.67. The minimum atomic E-state index is 0.228. The van der Waals surface area contributed by atoms with Crippen LogP contribution < -0.4 is 4.74 Å². The van der Waals surface area contributed by atoms with Crippen LogP contribution in [0.25, 0.3) is 11.1 Å². The fourth-order valence-electron chi connectivity index (χ4n) is 6.23. The maximum atomic E-state index is 5.08. The Hall–Kier alpha value is -4.10. The molecule has 46 heavy (non-hydrogen) atoms. The number of hydrogen-bond acceptors (Lipinski definition) is 1. The lowest BCUT2D eigenvalue weighted by atomic mass is 9.65. The van der Waals surface area contributed by atoms with Gasteiger partial charge in [-0.1, -0.05) is 171 Å². The van der Waals surface area contributed by atoms with E-state index in [4.69, 9.17) is 4.74 Å². The van der Waals surface area contributed by atoms with Crippen molar-refractivity contribution in [3.05, 3.63) is 160 Å². The Morgan fingerprint density at radius 2 is 0.804 bits per heavy atom. The van der Waals surface area contributed by atoms with Gasteiger partial charge in [0, 0.05) is 5.41 Å². The van der Waals surface area contributed by atoms with E-state index in [1.54, 1.807) is 7.11 Å². The third-order valence-corrected chi connectivity index (χ3v) is 9.31. The van der Waals surface area contributed by atoms with Crippen molar-refractivity contribution in [1.82, 2.24) is 0 Å². The number of rotatable bonds is 4. The summed E-state index contributed by atoms with van der Waals surface area (Å²) in [5, 5.41) is 0. The highest BCUT2D eigenvalue weighted by Crippen LogP contribution is 2.45. The van der Waals surface area contributed by atoms with Gasteiger partial charge < -0.3 is 4.74 Å². The van der Waals surface area contributed by atoms with Crippen molar-refractivity contribution in [1.29, 1.82) is 0 Å². The fraction of sp³-hybridized carbons (Fsp3) is 0.333. The number of ether oxygens (including phenoxy) is 1. The van der Waals surface area contributed by atoms with Crippen LogP contribution in [0.4, 0.5) is 0 Å². The van der Waals surface area contributed by atoms with Crippen molar-refractivity contribution in [2.24, 2.45) is 0 Å². The summed E-state index contributed by atoms with van der Waals surface area (Å²) in [5.41, 5.74) is 12.7. The molecule has 0 aliphatic heterocycles. The number of methoxy groups -OCH3 is 1. The molecule has 1 nitrogen and oxygen atoms in total. The third-order valence-electron chi connectivity index (χ3n) is 9.31. The minimum absolute atomic E-state index is 0.228. The molecule has 0 radical (unpaired) electrons. The highest BCUT2D eigenvalue weighted by Gasteiger charge is 2.35. The molecule has 5 aromatic rings. The van der Waals surface area contributed by atoms with Gasteiger partial charge in [0.1, 0.15) is 5.75 Å². The average molecular weight is 611 g/mol. The molecule has 1 aliphatic carbocycles. The van der Waals surface area contributed by atoms with E-state index >= 15 is 0 Å². The molecule has 1 aliphatic rings. The van der Waals surface area contributed by atoms with Crippen molar-refractivity contribution in [3.63, 3.8) is 0 Å². The van der Waals surface area contributed by atoms with Crippen molar-refractivity contribution in [2.75, 3.05) is 7.11 Å². The SMILES string of the molecule is COc1ccc(C(C)(C)C)cc1.Cc1ccc(-c2ccc(C)cc2)cc1.Cc1ccc(C2(c3ccc(C)cc3)CCCCC2)cc1. The smallest absolute Gasteiger partial charge is 0.118 e. The summed E-state index contributed by atoms with van der Waals surface area (Å²) in [7, 11) is 1.69. The van der Waals surface area contributed by atoms with Crippen LogP contribution in [0, 0.1) is 27.7 Å². The van der Waals surface area contributed by atoms with Gasteiger partial charge in [-0.15, -0.1) is 0 Å². The van der Waals surface area contributed by atoms with Gasteiger partial charge in [-0.05, 0) is 85.9 Å². The van der Waals surface area contributed by atoms with Crippen LogP contribution in [-0.4, -0.2) is 7.11 Å². The van der Waals surface area contributed by atoms with Crippen LogP contribution in [-0.2, 0) is 10.8 Å². The van der Waals surface area contributed by atoms with Crippen molar-refractivity contribution >= 4 is 0 Å². The highest BCUT2D eigenvalue weighted by molar-refractivity contribution is 5.63. The number of aryl methyl sites for hydroxylation is 4. The van der Waals surface area contributed by atoms with E-state index in [9.17, 15) is 0 Å². The van der Waals surface area contributed by atoms with Crippen LogP contribution in [0.1, 0.15) is 91.8 Å². The predicted octanol–water partition coefficient (Wildman–Crippen LogP) is 12.5. The molecular weight excluding hydrogens is 556 g/mol. The molecule has 1 fully saturated rings. The second kappa shape index (κ2) is 15.9. The molecule has 0 N–H and O–H groups in total. The summed E-state index contributed by atoms with van der Waals surface area (Å²) in [4.78, 5) is 0. The molecule has 0 unspecified atom stereocenters. The summed E-state index contributed by atoms with van der Waals surface area (Å²) < 4.78 is 5.08. The molecule has 0 spiro atoms. The van der Waals surface area contributed by atoms with Crippen LogP contribution in [0.15, 0.2) is 121 Å². The second-order valence-electron chi connectivity index (χ2n) is 14.1. The van der Waals surface area contributed by atoms with E-state index in [2.05, 4.69) is 158 Å². The molecule has 240 valence electrons. The van der Waals surface area contributed by atoms with Crippen LogP contribution in [0.5, 0.6) is 5.75 Å². The zero-order valence-electron chi connectivity index (χ0n) is 29.5. The standard InChI is InChI=1S/C20H24.C14H14.C11H16O/c1-16-6-10-18(11-7-16)20(14-4-3-5-15-20)19-12-8-17(2)9-13-19;1-11-3-7-13(8-4-11)14-9-5-12(2)6-10-14;1-11(2,3)9-5-7-10(12-4)8-6-9/h6-13H,3-5,14-15H2,1-2H3;3-10H,1-2H3;5-8H,1-4H3. The lowest BCUT2D eigenvalue weighted by Gasteiger charge is -2.38. The molecular formula is C45H54O. The molecule has 0 aromatic heterocycles. The normalized spacial score (nSPS) is 13.8. The molecule has 6 rings (SSSR count). The van der Waals surface area contributed by atoms with Gasteiger partial charge in [-0.25, -0.2) is 0 Å². The Kier molecular flexibility index (Phi) is 12.1. The summed E-state index contributed by atoms with van der Waals surface area (Å²) in [6.45, 7) is 15.2. The molecule has 0 saturated heterocycles. The fourth-order valence-corrected chi connectivity index (χ4v) is 6.23. The molecule has 5 aromatic carbocycles. The number of benzene rings is 5. The molecule has 0 bridgehead atoms. The van der Waals surface area contributed by atoms with E-state index in [1.165, 1.54) is 82.2 Å². The Labute approximate surface area is 279 Å². The third kappa shape index (κ3) is 9.46. The van der Waals surface area contributed by atoms with Crippen molar-refractivity contribution < 1.29 is 4.74 Å². The number of hydrogen-bond donors (Lipinski definition) is 0. The van der Waals surface area contributed by atoms with E-state index in [0.29, 0.717) is 0 Å². The molecule has 1 heteroatoms. The first-order chi connectivity index (χ1) is 22.0. The van der Waals surface area contributed by atoms with Gasteiger partial charge in [-0.2, -0.15) is 0 Å². The Morgan fingerprint density at radius 3 is 1.13 bits per heavy atom. The first-order valence-corrected chi connectivity index (χ1v) is 16.9. The Bertz CT molecular complexity index is 1500. The largest absolute Gasteiger partial charge is 0.497 e. The summed E-state index contributed by atoms with van der Waals surface area (Å²) in [5.74, 6) is 0.919. The minimum Gasteiger partial charge on any atom is -0.497 e. The maximum Gasteiger partial charge on any atom is 0.118 e. The molecule has 0 heterocycles. The van der Waals surface area contributed by atoms with E-state index in [-0.39, 0.29) is 10.8 Å². The zero-order valence-corrected chi connectivity index (χ0v) is 29.5. The van der Waals surface area contributed by atoms with Crippen molar-refractivity contribution in [2.45, 2.75) is 91.4 Å². The molecule has 0 amide bonds. The van der Waals surface area contributed by atoms with E-state index in [1.807, 2.05) is 12.1 Å². The van der Waals surface area contributed by atoms with Crippen LogP contribution in [0.3, 0.4) is 0 Å². The van der Waals surface area contributed by atoms with E-state index in [0.717, 1.165) is 5.75 Å². The second-order valence-corrected chi connectivity index (χ2v) is 14.1. The lowest BCUT2D eigenvalue weighted by molar-refractivity contribution is 0.346. The summed E-state index contributed by atoms with van der Waals surface area (Å²) in [6, 6.07) is 43.9. The Morgan fingerprint density at radius 1 is 0.457 bits per heavy atom. The highest BCUT2D eigenvalue weighted by atomic mass is 16.5. The topological polar surface area (TPSA) is 9.23 Å². The molecule has 0 atom stereocenters. The van der Waals surface area contributed by atoms with Crippen LogP contribution in [0.2, 0.25) is 0 Å². The van der Waals surface area contributed by atoms with Gasteiger partial charge in [0.2, 0.25) is 0 Å². The molecule has 1 saturated carbocycles. The van der Waals surface area contributed by atoms with Gasteiger partial charge >= 0.3 is 0 Å². The van der Waals surface area contributed by atoms with Gasteiger partial charge in [0.25, 0.3) is 0 Å². The van der Waals surface area contributed by atoms with Gasteiger partial charge in [0.15, 0.2) is 0 Å². The first kappa shape index (κ1) is 34.8. The first-order valence-electron chi connectivity index (χ1n) is 16.9. The van der Waals surface area contributed by atoms with E-state index < -0.39 is 0 Å². The van der Waals surface area contributed by atoms with Crippen LogP contribution >= 0.6 is 0 Å². The lowest BCUT2D eigenvalue weighted by Crippen LogP contribution is -2.30.